The summed E-state index contributed by atoms with van der Waals surface area (Å²) in [5.74, 6) is 6.12. The van der Waals surface area contributed by atoms with E-state index in [1.807, 2.05) is 0 Å². The maximum atomic E-state index is 5.13. The van der Waals surface area contributed by atoms with Crippen LogP contribution in [0.3, 0.4) is 0 Å². The zero-order valence-corrected chi connectivity index (χ0v) is 7.81. The van der Waals surface area contributed by atoms with Crippen molar-refractivity contribution in [1.29, 1.82) is 0 Å². The van der Waals surface area contributed by atoms with Crippen molar-refractivity contribution in [3.8, 4) is 11.8 Å². The lowest BCUT2D eigenvalue weighted by Gasteiger charge is -2.08. The molecule has 0 aromatic carbocycles. The molecule has 0 aliphatic carbocycles. The molecule has 13 heavy (non-hydrogen) atoms. The summed E-state index contributed by atoms with van der Waals surface area (Å²) >= 11 is 0. The lowest BCUT2D eigenvalue weighted by molar-refractivity contribution is 0.350. The van der Waals surface area contributed by atoms with Gasteiger partial charge in [0.2, 0.25) is 11.8 Å². The first kappa shape index (κ1) is 9.37. The number of rotatable bonds is 2. The van der Waals surface area contributed by atoms with Gasteiger partial charge in [0.25, 0.3) is 5.62 Å². The maximum Gasteiger partial charge on any atom is 0.252 e. The highest BCUT2D eigenvalue weighted by molar-refractivity contribution is 5.19. The fraction of sp³-hybridized carbons (Fsp3) is 0.429. The number of ether oxygens (including phenoxy) is 2. The van der Waals surface area contributed by atoms with Gasteiger partial charge in [-0.3, -0.25) is 4.57 Å². The molecule has 0 saturated heterocycles. The van der Waals surface area contributed by atoms with E-state index in [2.05, 4.69) is 10.1 Å². The van der Waals surface area contributed by atoms with Gasteiger partial charge < -0.3 is 15.3 Å². The molecule has 1 aromatic rings. The van der Waals surface area contributed by atoms with Crippen molar-refractivity contribution in [3.63, 3.8) is 0 Å². The van der Waals surface area contributed by atoms with Crippen LogP contribution in [0.15, 0.2) is 11.2 Å². The fourth-order valence-electron chi connectivity index (χ4n) is 0.923. The quantitative estimate of drug-likeness (QED) is 0.483. The van der Waals surface area contributed by atoms with E-state index in [9.17, 15) is 0 Å². The van der Waals surface area contributed by atoms with E-state index in [0.717, 1.165) is 0 Å². The van der Waals surface area contributed by atoms with Crippen LogP contribution in [-0.2, 0) is 7.05 Å². The van der Waals surface area contributed by atoms with Crippen LogP contribution < -0.4 is 20.9 Å². The average Bonchev–Trinajstić information content (AvgIpc) is 2.18. The van der Waals surface area contributed by atoms with E-state index in [0.29, 0.717) is 17.4 Å². The summed E-state index contributed by atoms with van der Waals surface area (Å²) in [6.07, 6.45) is 0. The number of hydrogen-bond donors (Lipinski definition) is 1. The standard InChI is InChI=1S/C7H12N4O2/c1-11-6(13-3)4-5(12-2)9-7(11)10-8/h4H,8H2,1-3H3/b10-7-. The van der Waals surface area contributed by atoms with Gasteiger partial charge in [0.15, 0.2) is 0 Å². The highest BCUT2D eigenvalue weighted by Crippen LogP contribution is 2.11. The molecule has 0 aliphatic rings. The van der Waals surface area contributed by atoms with Gasteiger partial charge >= 0.3 is 0 Å². The second kappa shape index (κ2) is 3.79. The summed E-state index contributed by atoms with van der Waals surface area (Å²) in [6.45, 7) is 0. The summed E-state index contributed by atoms with van der Waals surface area (Å²) in [7, 11) is 4.81. The van der Waals surface area contributed by atoms with Crippen molar-refractivity contribution in [3.05, 3.63) is 11.7 Å². The molecule has 0 unspecified atom stereocenters. The minimum atomic E-state index is 0.344. The third kappa shape index (κ3) is 1.71. The molecule has 2 N–H and O–H groups in total. The van der Waals surface area contributed by atoms with Gasteiger partial charge in [-0.15, -0.1) is 5.10 Å². The zero-order chi connectivity index (χ0) is 9.84. The molecule has 0 saturated carbocycles. The normalized spacial score (nSPS) is 11.5. The Morgan fingerprint density at radius 2 is 2.15 bits per heavy atom. The molecule has 0 aliphatic heterocycles. The van der Waals surface area contributed by atoms with E-state index in [-0.39, 0.29) is 0 Å². The SMILES string of the molecule is COc1cc(OC)n(C)/c(=N\N)n1. The molecule has 0 atom stereocenters. The van der Waals surface area contributed by atoms with Gasteiger partial charge in [-0.1, -0.05) is 0 Å². The molecule has 1 heterocycles. The lowest BCUT2D eigenvalue weighted by Crippen LogP contribution is -2.24. The predicted molar refractivity (Wildman–Crippen MR) is 46.1 cm³/mol. The number of hydrogen-bond acceptors (Lipinski definition) is 5. The Morgan fingerprint density at radius 1 is 1.46 bits per heavy atom. The van der Waals surface area contributed by atoms with Crippen LogP contribution in [0.4, 0.5) is 0 Å². The molecule has 0 radical (unpaired) electrons. The first-order chi connectivity index (χ1) is 6.22. The third-order valence-electron chi connectivity index (χ3n) is 1.62. The molecular weight excluding hydrogens is 172 g/mol. The topological polar surface area (TPSA) is 74.7 Å². The molecular formula is C7H12N4O2. The van der Waals surface area contributed by atoms with Gasteiger partial charge in [0, 0.05) is 7.05 Å². The first-order valence-electron chi connectivity index (χ1n) is 3.63. The predicted octanol–water partition coefficient (Wildman–Crippen LogP) is -0.788. The Balaban J connectivity index is 3.38. The van der Waals surface area contributed by atoms with E-state index in [1.165, 1.54) is 7.11 Å². The smallest absolute Gasteiger partial charge is 0.252 e. The van der Waals surface area contributed by atoms with Gasteiger partial charge in [0.05, 0.1) is 20.3 Å². The summed E-state index contributed by atoms with van der Waals surface area (Å²) in [5, 5.41) is 3.48. The van der Waals surface area contributed by atoms with E-state index >= 15 is 0 Å². The molecule has 0 fully saturated rings. The Morgan fingerprint density at radius 3 is 2.62 bits per heavy atom. The van der Waals surface area contributed by atoms with Crippen LogP contribution in [0.2, 0.25) is 0 Å². The van der Waals surface area contributed by atoms with Crippen LogP contribution in [0.25, 0.3) is 0 Å². The number of methoxy groups -OCH3 is 2. The van der Waals surface area contributed by atoms with Crippen LogP contribution in [0, 0.1) is 0 Å². The zero-order valence-electron chi connectivity index (χ0n) is 7.81. The van der Waals surface area contributed by atoms with E-state index in [4.69, 9.17) is 15.3 Å². The number of nitrogens with zero attached hydrogens (tertiary/aromatic N) is 3. The first-order valence-corrected chi connectivity index (χ1v) is 3.63. The van der Waals surface area contributed by atoms with Crippen molar-refractivity contribution >= 4 is 0 Å². The summed E-state index contributed by atoms with van der Waals surface area (Å²) < 4.78 is 11.6. The number of nitrogens with two attached hydrogens (primary N) is 1. The Hall–Kier alpha value is -1.72. The van der Waals surface area contributed by atoms with Crippen LogP contribution in [-0.4, -0.2) is 23.8 Å². The Kier molecular flexibility index (Phi) is 2.73. The minimum absolute atomic E-state index is 0.344. The fourth-order valence-corrected chi connectivity index (χ4v) is 0.923. The Bertz CT molecular complexity index is 358. The third-order valence-corrected chi connectivity index (χ3v) is 1.62. The summed E-state index contributed by atoms with van der Waals surface area (Å²) in [4.78, 5) is 3.99. The molecule has 6 nitrogen and oxygen atoms in total. The Labute approximate surface area is 75.6 Å². The van der Waals surface area contributed by atoms with E-state index < -0.39 is 0 Å². The van der Waals surface area contributed by atoms with Gasteiger partial charge in [-0.25, -0.2) is 0 Å². The number of aromatic nitrogens is 2. The van der Waals surface area contributed by atoms with Gasteiger partial charge in [-0.05, 0) is 0 Å². The van der Waals surface area contributed by atoms with Crippen LogP contribution >= 0.6 is 0 Å². The second-order valence-corrected chi connectivity index (χ2v) is 2.33. The van der Waals surface area contributed by atoms with Gasteiger partial charge in [-0.2, -0.15) is 4.98 Å². The maximum absolute atomic E-state index is 5.13. The molecule has 0 amide bonds. The molecule has 1 rings (SSSR count). The molecule has 1 aromatic heterocycles. The minimum Gasteiger partial charge on any atom is -0.482 e. The lowest BCUT2D eigenvalue weighted by atomic mass is 10.6. The molecule has 72 valence electrons. The largest absolute Gasteiger partial charge is 0.482 e. The second-order valence-electron chi connectivity index (χ2n) is 2.33. The van der Waals surface area contributed by atoms with Crippen LogP contribution in [0.1, 0.15) is 0 Å². The van der Waals surface area contributed by atoms with Crippen LogP contribution in [0.5, 0.6) is 11.8 Å². The average molecular weight is 184 g/mol. The van der Waals surface area contributed by atoms with Crippen molar-refractivity contribution in [2.45, 2.75) is 0 Å². The van der Waals surface area contributed by atoms with Crippen molar-refractivity contribution in [2.24, 2.45) is 18.0 Å². The van der Waals surface area contributed by atoms with E-state index in [1.54, 1.807) is 24.8 Å². The molecule has 0 spiro atoms. The molecule has 0 bridgehead atoms. The highest BCUT2D eigenvalue weighted by Gasteiger charge is 2.03. The molecule has 6 heteroatoms. The van der Waals surface area contributed by atoms with Crippen molar-refractivity contribution < 1.29 is 9.47 Å². The highest BCUT2D eigenvalue weighted by atomic mass is 16.5. The van der Waals surface area contributed by atoms with Gasteiger partial charge in [0.1, 0.15) is 0 Å². The summed E-state index contributed by atoms with van der Waals surface area (Å²) in [5.41, 5.74) is 0.344. The monoisotopic (exact) mass is 184 g/mol. The summed E-state index contributed by atoms with van der Waals surface area (Å²) in [6, 6.07) is 1.65. The van der Waals surface area contributed by atoms with Crippen molar-refractivity contribution in [1.82, 2.24) is 9.55 Å². The van der Waals surface area contributed by atoms with Crippen molar-refractivity contribution in [2.75, 3.05) is 14.2 Å².